The number of aromatic nitrogens is 2. The van der Waals surface area contributed by atoms with Crippen molar-refractivity contribution in [2.75, 3.05) is 6.54 Å². The van der Waals surface area contributed by atoms with E-state index in [-0.39, 0.29) is 11.2 Å². The highest BCUT2D eigenvalue weighted by Crippen LogP contribution is 2.42. The van der Waals surface area contributed by atoms with Crippen LogP contribution in [0.3, 0.4) is 0 Å². The molecule has 1 heterocycles. The summed E-state index contributed by atoms with van der Waals surface area (Å²) in [6, 6.07) is 0. The van der Waals surface area contributed by atoms with Crippen LogP contribution in [0.25, 0.3) is 0 Å². The molecule has 2 N–H and O–H groups in total. The van der Waals surface area contributed by atoms with Crippen LogP contribution in [0.15, 0.2) is 12.4 Å². The zero-order chi connectivity index (χ0) is 10.2. The summed E-state index contributed by atoms with van der Waals surface area (Å²) >= 11 is 0. The molecule has 0 spiro atoms. The van der Waals surface area contributed by atoms with Gasteiger partial charge in [-0.25, -0.2) is 0 Å². The summed E-state index contributed by atoms with van der Waals surface area (Å²) in [7, 11) is 1.81. The lowest BCUT2D eigenvalue weighted by molar-refractivity contribution is 0.0636. The Kier molecular flexibility index (Phi) is 2.15. The summed E-state index contributed by atoms with van der Waals surface area (Å²) in [4.78, 5) is 12.1. The standard InChI is InChI=1S/C10H15N3O/c1-13-6-8(5-12-13)9(14)10(7-11)3-2-4-10/h5-6H,2-4,7,11H2,1H3. The van der Waals surface area contributed by atoms with E-state index in [9.17, 15) is 4.79 Å². The van der Waals surface area contributed by atoms with Gasteiger partial charge in [0.1, 0.15) is 0 Å². The van der Waals surface area contributed by atoms with Crippen molar-refractivity contribution < 1.29 is 4.79 Å². The van der Waals surface area contributed by atoms with Crippen molar-refractivity contribution in [1.29, 1.82) is 0 Å². The van der Waals surface area contributed by atoms with Crippen molar-refractivity contribution in [3.8, 4) is 0 Å². The number of hydrogen-bond donors (Lipinski definition) is 1. The van der Waals surface area contributed by atoms with Crippen molar-refractivity contribution >= 4 is 5.78 Å². The molecule has 0 unspecified atom stereocenters. The fourth-order valence-corrected chi connectivity index (χ4v) is 1.97. The fourth-order valence-electron chi connectivity index (χ4n) is 1.97. The van der Waals surface area contributed by atoms with Gasteiger partial charge >= 0.3 is 0 Å². The topological polar surface area (TPSA) is 60.9 Å². The Balaban J connectivity index is 2.23. The number of rotatable bonds is 3. The van der Waals surface area contributed by atoms with Crippen molar-refractivity contribution in [1.82, 2.24) is 9.78 Å². The highest BCUT2D eigenvalue weighted by atomic mass is 16.1. The van der Waals surface area contributed by atoms with E-state index < -0.39 is 0 Å². The van der Waals surface area contributed by atoms with E-state index in [0.717, 1.165) is 19.3 Å². The molecule has 2 rings (SSSR count). The molecular formula is C10H15N3O. The minimum atomic E-state index is -0.275. The third kappa shape index (κ3) is 1.26. The largest absolute Gasteiger partial charge is 0.329 e. The quantitative estimate of drug-likeness (QED) is 0.720. The summed E-state index contributed by atoms with van der Waals surface area (Å²) in [6.07, 6.45) is 6.35. The Morgan fingerprint density at radius 3 is 2.79 bits per heavy atom. The first-order valence-electron chi connectivity index (χ1n) is 4.91. The lowest BCUT2D eigenvalue weighted by atomic mass is 9.65. The van der Waals surface area contributed by atoms with Crippen LogP contribution in [0.1, 0.15) is 29.6 Å². The zero-order valence-corrected chi connectivity index (χ0v) is 8.36. The molecular weight excluding hydrogens is 178 g/mol. The molecule has 14 heavy (non-hydrogen) atoms. The van der Waals surface area contributed by atoms with Gasteiger partial charge in [0.25, 0.3) is 0 Å². The molecule has 0 radical (unpaired) electrons. The van der Waals surface area contributed by atoms with Crippen LogP contribution in [0.5, 0.6) is 0 Å². The monoisotopic (exact) mass is 193 g/mol. The third-order valence-corrected chi connectivity index (χ3v) is 3.15. The highest BCUT2D eigenvalue weighted by molar-refractivity contribution is 6.00. The number of carbonyl (C=O) groups is 1. The lowest BCUT2D eigenvalue weighted by Crippen LogP contribution is -2.44. The molecule has 0 aromatic carbocycles. The van der Waals surface area contributed by atoms with Crippen molar-refractivity contribution in [2.45, 2.75) is 19.3 Å². The lowest BCUT2D eigenvalue weighted by Gasteiger charge is -2.38. The van der Waals surface area contributed by atoms with Crippen LogP contribution in [0.4, 0.5) is 0 Å². The van der Waals surface area contributed by atoms with Crippen molar-refractivity contribution in [3.05, 3.63) is 18.0 Å². The zero-order valence-electron chi connectivity index (χ0n) is 8.36. The maximum Gasteiger partial charge on any atom is 0.173 e. The third-order valence-electron chi connectivity index (χ3n) is 3.15. The number of ketones is 1. The average molecular weight is 193 g/mol. The van der Waals surface area contributed by atoms with Crippen molar-refractivity contribution in [3.63, 3.8) is 0 Å². The number of aryl methyl sites for hydroxylation is 1. The van der Waals surface area contributed by atoms with Gasteiger partial charge in [-0.3, -0.25) is 9.48 Å². The molecule has 1 aliphatic rings. The smallest absolute Gasteiger partial charge is 0.173 e. The maximum absolute atomic E-state index is 12.1. The van der Waals surface area contributed by atoms with Gasteiger partial charge in [-0.05, 0) is 12.8 Å². The Labute approximate surface area is 83.1 Å². The van der Waals surface area contributed by atoms with Crippen LogP contribution in [-0.4, -0.2) is 22.1 Å². The first-order chi connectivity index (χ1) is 6.68. The van der Waals surface area contributed by atoms with Crippen molar-refractivity contribution in [2.24, 2.45) is 18.2 Å². The van der Waals surface area contributed by atoms with Gasteiger partial charge < -0.3 is 5.73 Å². The molecule has 76 valence electrons. The Hall–Kier alpha value is -1.16. The number of carbonyl (C=O) groups excluding carboxylic acids is 1. The predicted octanol–water partition coefficient (Wildman–Crippen LogP) is 0.732. The van der Waals surface area contributed by atoms with Gasteiger partial charge in [-0.1, -0.05) is 6.42 Å². The van der Waals surface area contributed by atoms with E-state index in [1.165, 1.54) is 0 Å². The van der Waals surface area contributed by atoms with Crippen LogP contribution in [-0.2, 0) is 7.05 Å². The molecule has 0 atom stereocenters. The Bertz CT molecular complexity index is 346. The van der Waals surface area contributed by atoms with E-state index >= 15 is 0 Å². The maximum atomic E-state index is 12.1. The molecule has 1 saturated carbocycles. The summed E-state index contributed by atoms with van der Waals surface area (Å²) in [5.74, 6) is 0.166. The molecule has 0 amide bonds. The molecule has 0 aliphatic heterocycles. The molecule has 1 fully saturated rings. The molecule has 1 aromatic heterocycles. The minimum Gasteiger partial charge on any atom is -0.329 e. The van der Waals surface area contributed by atoms with E-state index in [4.69, 9.17) is 5.73 Å². The number of hydrogen-bond acceptors (Lipinski definition) is 3. The van der Waals surface area contributed by atoms with Crippen LogP contribution in [0.2, 0.25) is 0 Å². The fraction of sp³-hybridized carbons (Fsp3) is 0.600. The van der Waals surface area contributed by atoms with E-state index in [2.05, 4.69) is 5.10 Å². The predicted molar refractivity (Wildman–Crippen MR) is 52.9 cm³/mol. The van der Waals surface area contributed by atoms with Crippen LogP contribution >= 0.6 is 0 Å². The SMILES string of the molecule is Cn1cc(C(=O)C2(CN)CCC2)cn1. The van der Waals surface area contributed by atoms with Gasteiger partial charge in [0.05, 0.1) is 11.8 Å². The van der Waals surface area contributed by atoms with E-state index in [1.54, 1.807) is 17.1 Å². The van der Waals surface area contributed by atoms with Gasteiger partial charge in [-0.2, -0.15) is 5.10 Å². The van der Waals surface area contributed by atoms with Crippen LogP contribution in [0, 0.1) is 5.41 Å². The molecule has 4 nitrogen and oxygen atoms in total. The van der Waals surface area contributed by atoms with Gasteiger partial charge in [-0.15, -0.1) is 0 Å². The summed E-state index contributed by atoms with van der Waals surface area (Å²) in [5, 5.41) is 4.00. The number of nitrogens with zero attached hydrogens (tertiary/aromatic N) is 2. The van der Waals surface area contributed by atoms with E-state index in [0.29, 0.717) is 12.1 Å². The first-order valence-corrected chi connectivity index (χ1v) is 4.91. The summed E-state index contributed by atoms with van der Waals surface area (Å²) in [6.45, 7) is 0.459. The molecule has 0 saturated heterocycles. The average Bonchev–Trinajstić information content (AvgIpc) is 2.50. The molecule has 1 aromatic rings. The summed E-state index contributed by atoms with van der Waals surface area (Å²) in [5.41, 5.74) is 6.08. The number of nitrogens with two attached hydrogens (primary N) is 1. The first kappa shape index (κ1) is 9.40. The molecule has 0 bridgehead atoms. The van der Waals surface area contributed by atoms with Gasteiger partial charge in [0.2, 0.25) is 0 Å². The van der Waals surface area contributed by atoms with Gasteiger partial charge in [0, 0.05) is 25.2 Å². The normalized spacial score (nSPS) is 19.0. The Morgan fingerprint density at radius 1 is 1.71 bits per heavy atom. The second-order valence-corrected chi connectivity index (χ2v) is 4.07. The second-order valence-electron chi connectivity index (χ2n) is 4.07. The summed E-state index contributed by atoms with van der Waals surface area (Å²) < 4.78 is 1.65. The van der Waals surface area contributed by atoms with Crippen LogP contribution < -0.4 is 5.73 Å². The minimum absolute atomic E-state index is 0.166. The van der Waals surface area contributed by atoms with E-state index in [1.807, 2.05) is 7.05 Å². The Morgan fingerprint density at radius 2 is 2.43 bits per heavy atom. The van der Waals surface area contributed by atoms with Gasteiger partial charge in [0.15, 0.2) is 5.78 Å². The highest BCUT2D eigenvalue weighted by Gasteiger charge is 2.43. The molecule has 1 aliphatic carbocycles. The second kappa shape index (κ2) is 3.20. The molecule has 4 heteroatoms. The number of Topliss-reactive ketones (excluding diaryl/α,β-unsaturated/α-hetero) is 1.